The van der Waals surface area contributed by atoms with E-state index in [0.29, 0.717) is 43.1 Å². The molecule has 0 spiro atoms. The van der Waals surface area contributed by atoms with E-state index in [-0.39, 0.29) is 31.3 Å². The van der Waals surface area contributed by atoms with Gasteiger partial charge in [0.1, 0.15) is 23.8 Å². The Morgan fingerprint density at radius 3 is 2.62 bits per heavy atom. The largest absolute Gasteiger partial charge is 0.447 e. The Bertz CT molecular complexity index is 1650. The van der Waals surface area contributed by atoms with Gasteiger partial charge in [0.05, 0.1) is 23.9 Å². The molecule has 1 N–H and O–H groups in total. The van der Waals surface area contributed by atoms with Crippen molar-refractivity contribution in [3.8, 4) is 11.1 Å². The number of carbonyl (C=O) groups excluding carboxylic acids is 2. The number of aliphatic hydroxyl groups is 1. The lowest BCUT2D eigenvalue weighted by Gasteiger charge is -2.47. The summed E-state index contributed by atoms with van der Waals surface area (Å²) in [7, 11) is 0. The molecule has 0 aliphatic carbocycles. The summed E-state index contributed by atoms with van der Waals surface area (Å²) in [6.45, 7) is 18.0. The van der Waals surface area contributed by atoms with Gasteiger partial charge in [-0.1, -0.05) is 19.9 Å². The number of amides is 2. The quantitative estimate of drug-likeness (QED) is 0.291. The smallest absolute Gasteiger partial charge is 0.410 e. The van der Waals surface area contributed by atoms with Gasteiger partial charge in [-0.2, -0.15) is 0 Å². The average molecular weight is 663 g/mol. The predicted molar refractivity (Wildman–Crippen MR) is 184 cm³/mol. The highest BCUT2D eigenvalue weighted by Gasteiger charge is 2.50. The number of hydrogen-bond acceptors (Lipinski definition) is 7. The highest BCUT2D eigenvalue weighted by atomic mass is 19.1. The molecular weight excluding hydrogens is 611 g/mol. The second-order valence-electron chi connectivity index (χ2n) is 14.6. The van der Waals surface area contributed by atoms with Gasteiger partial charge in [0.25, 0.3) is 5.91 Å². The summed E-state index contributed by atoms with van der Waals surface area (Å²) >= 11 is 0. The van der Waals surface area contributed by atoms with Crippen LogP contribution in [0.25, 0.3) is 16.6 Å². The lowest BCUT2D eigenvalue weighted by atomic mass is 9.85. The fourth-order valence-electron chi connectivity index (χ4n) is 8.08. The Balaban J connectivity index is 1.17. The molecule has 0 radical (unpaired) electrons. The number of imidazole rings is 1. The van der Waals surface area contributed by atoms with Gasteiger partial charge < -0.3 is 19.1 Å². The van der Waals surface area contributed by atoms with E-state index in [4.69, 9.17) is 4.74 Å². The summed E-state index contributed by atoms with van der Waals surface area (Å²) in [6, 6.07) is 7.17. The third kappa shape index (κ3) is 6.32. The first-order chi connectivity index (χ1) is 23.0. The normalized spacial score (nSPS) is 21.2. The van der Waals surface area contributed by atoms with Gasteiger partial charge in [-0.3, -0.25) is 19.5 Å². The van der Waals surface area contributed by atoms with Gasteiger partial charge in [-0.15, -0.1) is 0 Å². The number of benzene rings is 1. The summed E-state index contributed by atoms with van der Waals surface area (Å²) in [5.74, 6) is 1.10. The van der Waals surface area contributed by atoms with Crippen LogP contribution in [-0.4, -0.2) is 123 Å². The van der Waals surface area contributed by atoms with Gasteiger partial charge in [0.15, 0.2) is 0 Å². The van der Waals surface area contributed by atoms with Gasteiger partial charge in [0.2, 0.25) is 0 Å². The number of aromatic nitrogens is 2. The predicted octanol–water partition coefficient (Wildman–Crippen LogP) is 5.02. The van der Waals surface area contributed by atoms with Crippen LogP contribution in [0, 0.1) is 18.7 Å². The molecule has 2 atom stereocenters. The molecule has 2 aromatic heterocycles. The van der Waals surface area contributed by atoms with Gasteiger partial charge >= 0.3 is 6.09 Å². The first-order valence-electron chi connectivity index (χ1n) is 17.6. The minimum absolute atomic E-state index is 0.00740. The Labute approximate surface area is 283 Å². The average Bonchev–Trinajstić information content (AvgIpc) is 3.58. The van der Waals surface area contributed by atoms with Gasteiger partial charge in [0, 0.05) is 69.0 Å². The molecule has 11 heteroatoms. The first-order valence-corrected chi connectivity index (χ1v) is 17.6. The number of nitrogens with zero attached hydrogens (tertiary/aromatic N) is 6. The van der Waals surface area contributed by atoms with E-state index in [1.807, 2.05) is 33.9 Å². The Morgan fingerprint density at radius 1 is 1.17 bits per heavy atom. The zero-order valence-electron chi connectivity index (χ0n) is 29.3. The zero-order chi connectivity index (χ0) is 34.3. The number of rotatable bonds is 12. The van der Waals surface area contributed by atoms with E-state index >= 15 is 0 Å². The van der Waals surface area contributed by atoms with Crippen molar-refractivity contribution in [1.82, 2.24) is 29.0 Å². The maximum atomic E-state index is 14.6. The zero-order valence-corrected chi connectivity index (χ0v) is 29.3. The Kier molecular flexibility index (Phi) is 9.84. The molecule has 1 aromatic carbocycles. The van der Waals surface area contributed by atoms with E-state index in [0.717, 1.165) is 61.5 Å². The minimum Gasteiger partial charge on any atom is -0.447 e. The van der Waals surface area contributed by atoms with Crippen molar-refractivity contribution in [2.45, 2.75) is 77.9 Å². The van der Waals surface area contributed by atoms with Crippen molar-refractivity contribution in [3.05, 3.63) is 59.4 Å². The van der Waals surface area contributed by atoms with Crippen LogP contribution >= 0.6 is 0 Å². The summed E-state index contributed by atoms with van der Waals surface area (Å²) in [4.78, 5) is 38.9. The minimum atomic E-state index is -0.614. The number of aryl methyl sites for hydroxylation is 1. The monoisotopic (exact) mass is 662 g/mol. The number of piperazine rings is 1. The lowest BCUT2D eigenvalue weighted by molar-refractivity contribution is 0.00769. The van der Waals surface area contributed by atoms with Crippen LogP contribution in [0.2, 0.25) is 0 Å². The third-order valence-corrected chi connectivity index (χ3v) is 10.9. The van der Waals surface area contributed by atoms with Gasteiger partial charge in [-0.05, 0) is 82.3 Å². The molecule has 0 saturated carbocycles. The molecule has 3 saturated heterocycles. The molecule has 10 nitrogen and oxygen atoms in total. The van der Waals surface area contributed by atoms with Crippen molar-refractivity contribution in [2.24, 2.45) is 5.92 Å². The molecule has 3 aromatic rings. The summed E-state index contributed by atoms with van der Waals surface area (Å²) < 4.78 is 22.0. The fourth-order valence-corrected chi connectivity index (χ4v) is 8.08. The number of fused-ring (bicyclic) bond motifs is 2. The van der Waals surface area contributed by atoms with Crippen LogP contribution in [0.1, 0.15) is 75.1 Å². The summed E-state index contributed by atoms with van der Waals surface area (Å²) in [5, 5.41) is 10.1. The molecule has 260 valence electrons. The van der Waals surface area contributed by atoms with Crippen LogP contribution in [-0.2, 0) is 4.74 Å². The molecule has 3 aliphatic rings. The summed E-state index contributed by atoms with van der Waals surface area (Å²) in [5.41, 5.74) is 3.47. The standard InChI is InChI=1S/C37H51FN6O4/c1-7-42(25(4)5)35(46)32-16-29(38)10-11-30(32)31-15-27(20-43-26(6)39-17-34(31)43)28-18-41(19-28)33(24(2)3)9-8-12-40-13-14-44-36(47)48-23-37(44,21-40)22-45/h10-11,15-17,20,24-25,28,33,45H,7-9,12-14,18-19,21-23H2,1-6H3/t33-,37?/m1/s1. The molecule has 6 rings (SSSR count). The van der Waals surface area contributed by atoms with Crippen molar-refractivity contribution in [3.63, 3.8) is 0 Å². The summed E-state index contributed by atoms with van der Waals surface area (Å²) in [6.07, 6.45) is 5.82. The molecule has 5 heterocycles. The van der Waals surface area contributed by atoms with Crippen molar-refractivity contribution < 1.29 is 23.8 Å². The highest BCUT2D eigenvalue weighted by molar-refractivity contribution is 6.03. The first kappa shape index (κ1) is 34.3. The lowest BCUT2D eigenvalue weighted by Crippen LogP contribution is -2.63. The van der Waals surface area contributed by atoms with E-state index in [1.165, 1.54) is 17.7 Å². The third-order valence-electron chi connectivity index (χ3n) is 10.9. The molecule has 3 fully saturated rings. The number of hydrogen-bond donors (Lipinski definition) is 1. The van der Waals surface area contributed by atoms with E-state index in [1.54, 1.807) is 15.9 Å². The van der Waals surface area contributed by atoms with Crippen LogP contribution < -0.4 is 0 Å². The highest BCUT2D eigenvalue weighted by Crippen LogP contribution is 2.37. The number of pyridine rings is 1. The maximum absolute atomic E-state index is 14.6. The molecule has 0 bridgehead atoms. The molecule has 48 heavy (non-hydrogen) atoms. The van der Waals surface area contributed by atoms with Crippen molar-refractivity contribution in [2.75, 3.05) is 59.0 Å². The SMILES string of the molecule is CCN(C(=O)c1cc(F)ccc1-c1cc(C2CN([C@H](CCCN3CCN4C(=O)OCC4(CO)C3)C(C)C)C2)cn2c(C)ncc12)C(C)C. The topological polar surface area (TPSA) is 93.9 Å². The maximum Gasteiger partial charge on any atom is 0.410 e. The number of halogens is 1. The van der Waals surface area contributed by atoms with E-state index in [2.05, 4.69) is 45.3 Å². The van der Waals surface area contributed by atoms with Crippen LogP contribution in [0.15, 0.2) is 36.7 Å². The van der Waals surface area contributed by atoms with E-state index < -0.39 is 11.4 Å². The van der Waals surface area contributed by atoms with Crippen molar-refractivity contribution in [1.29, 1.82) is 0 Å². The molecule has 2 amide bonds. The Morgan fingerprint density at radius 2 is 1.94 bits per heavy atom. The molecular formula is C37H51FN6O4. The molecule has 3 aliphatic heterocycles. The second kappa shape index (κ2) is 13.8. The number of carbonyl (C=O) groups is 2. The Hall–Kier alpha value is -3.54. The van der Waals surface area contributed by atoms with Crippen LogP contribution in [0.5, 0.6) is 0 Å². The van der Waals surface area contributed by atoms with Crippen molar-refractivity contribution >= 4 is 17.5 Å². The van der Waals surface area contributed by atoms with E-state index in [9.17, 15) is 19.1 Å². The van der Waals surface area contributed by atoms with Crippen LogP contribution in [0.3, 0.4) is 0 Å². The number of likely N-dealkylation sites (tertiary alicyclic amines) is 1. The molecule has 1 unspecified atom stereocenters. The van der Waals surface area contributed by atoms with Gasteiger partial charge in [-0.25, -0.2) is 14.2 Å². The number of ether oxygens (including phenoxy) is 1. The number of aliphatic hydroxyl groups excluding tert-OH is 1. The second-order valence-corrected chi connectivity index (χ2v) is 14.6. The fraction of sp³-hybridized carbons (Fsp3) is 0.595. The number of cyclic esters (lactones) is 1. The van der Waals surface area contributed by atoms with Crippen LogP contribution in [0.4, 0.5) is 9.18 Å².